The van der Waals surface area contributed by atoms with Gasteiger partial charge in [-0.1, -0.05) is 0 Å². The van der Waals surface area contributed by atoms with E-state index in [4.69, 9.17) is 0 Å². The molecule has 1 heterocycles. The summed E-state index contributed by atoms with van der Waals surface area (Å²) in [6.45, 7) is 2.67. The van der Waals surface area contributed by atoms with Gasteiger partial charge in [0, 0.05) is 26.1 Å². The van der Waals surface area contributed by atoms with Crippen LogP contribution in [0.1, 0.15) is 58.3 Å². The standard InChI is InChI=1S/C20H31N3O3/c1-13(20-9-14-6-15(10-20)8-16(7-14)11-20)21-17(24)4-3-5-23-18(25)12-22(2)19(23)26/h13-16H,3-12H2,1-2H3,(H,21,24). The number of likely N-dealkylation sites (N-methyl/N-ethyl adjacent to an activating group) is 1. The molecule has 4 saturated carbocycles. The van der Waals surface area contributed by atoms with Gasteiger partial charge in [-0.3, -0.25) is 14.5 Å². The first-order valence-corrected chi connectivity index (χ1v) is 10.2. The van der Waals surface area contributed by atoms with Crippen LogP contribution in [0.3, 0.4) is 0 Å². The zero-order valence-electron chi connectivity index (χ0n) is 16.0. The predicted octanol–water partition coefficient (Wildman–Crippen LogP) is 2.38. The average Bonchev–Trinajstić information content (AvgIpc) is 2.79. The maximum absolute atomic E-state index is 12.4. The van der Waals surface area contributed by atoms with Crippen LogP contribution in [-0.2, 0) is 9.59 Å². The third-order valence-corrected chi connectivity index (χ3v) is 7.40. The molecule has 6 nitrogen and oxygen atoms in total. The predicted molar refractivity (Wildman–Crippen MR) is 97.2 cm³/mol. The molecule has 1 atom stereocenters. The Kier molecular flexibility index (Phi) is 4.48. The van der Waals surface area contributed by atoms with E-state index in [-0.39, 0.29) is 30.4 Å². The molecule has 4 bridgehead atoms. The summed E-state index contributed by atoms with van der Waals surface area (Å²) in [6.07, 6.45) is 8.98. The summed E-state index contributed by atoms with van der Waals surface area (Å²) < 4.78 is 0. The Balaban J connectivity index is 1.26. The molecule has 5 rings (SSSR count). The summed E-state index contributed by atoms with van der Waals surface area (Å²) in [4.78, 5) is 38.7. The summed E-state index contributed by atoms with van der Waals surface area (Å²) in [6, 6.07) is -0.0260. The second-order valence-electron chi connectivity index (χ2n) is 9.36. The zero-order valence-corrected chi connectivity index (χ0v) is 16.0. The number of nitrogens with one attached hydrogen (secondary N) is 1. The van der Waals surface area contributed by atoms with Crippen molar-refractivity contribution in [3.05, 3.63) is 0 Å². The van der Waals surface area contributed by atoms with Crippen LogP contribution in [0.2, 0.25) is 0 Å². The van der Waals surface area contributed by atoms with Crippen LogP contribution in [0.4, 0.5) is 4.79 Å². The van der Waals surface area contributed by atoms with E-state index in [1.807, 2.05) is 0 Å². The van der Waals surface area contributed by atoms with Crippen LogP contribution < -0.4 is 5.32 Å². The SMILES string of the molecule is CC(NC(=O)CCCN1C(=O)CN(C)C1=O)C12CC3CC(CC(C3)C1)C2. The number of urea groups is 1. The van der Waals surface area contributed by atoms with E-state index >= 15 is 0 Å². The number of nitrogens with zero attached hydrogens (tertiary/aromatic N) is 2. The van der Waals surface area contributed by atoms with E-state index < -0.39 is 0 Å². The highest BCUT2D eigenvalue weighted by atomic mass is 16.2. The van der Waals surface area contributed by atoms with Gasteiger partial charge >= 0.3 is 6.03 Å². The first kappa shape index (κ1) is 17.8. The lowest BCUT2D eigenvalue weighted by molar-refractivity contribution is -0.127. The van der Waals surface area contributed by atoms with E-state index in [9.17, 15) is 14.4 Å². The van der Waals surface area contributed by atoms with Crippen molar-refractivity contribution in [1.82, 2.24) is 15.1 Å². The monoisotopic (exact) mass is 361 g/mol. The number of carbonyl (C=O) groups is 3. The van der Waals surface area contributed by atoms with E-state index in [1.165, 1.54) is 48.3 Å². The van der Waals surface area contributed by atoms with E-state index in [0.717, 1.165) is 17.8 Å². The van der Waals surface area contributed by atoms with Gasteiger partial charge in [0.25, 0.3) is 0 Å². The maximum atomic E-state index is 12.4. The average molecular weight is 361 g/mol. The molecule has 1 unspecified atom stereocenters. The molecule has 6 heteroatoms. The number of carbonyl (C=O) groups excluding carboxylic acids is 3. The Bertz CT molecular complexity index is 582. The maximum Gasteiger partial charge on any atom is 0.326 e. The topological polar surface area (TPSA) is 69.7 Å². The van der Waals surface area contributed by atoms with Gasteiger partial charge in [0.2, 0.25) is 11.8 Å². The van der Waals surface area contributed by atoms with E-state index in [0.29, 0.717) is 24.8 Å². The van der Waals surface area contributed by atoms with Crippen molar-refractivity contribution < 1.29 is 14.4 Å². The highest BCUT2D eigenvalue weighted by Crippen LogP contribution is 2.61. The van der Waals surface area contributed by atoms with Crippen LogP contribution in [0.15, 0.2) is 0 Å². The Morgan fingerprint density at radius 2 is 1.73 bits per heavy atom. The first-order chi connectivity index (χ1) is 12.4. The van der Waals surface area contributed by atoms with Crippen molar-refractivity contribution in [2.45, 2.75) is 64.3 Å². The lowest BCUT2D eigenvalue weighted by Crippen LogP contribution is -2.55. The summed E-state index contributed by atoms with van der Waals surface area (Å²) in [7, 11) is 1.63. The molecular formula is C20H31N3O3. The van der Waals surface area contributed by atoms with Crippen molar-refractivity contribution in [2.75, 3.05) is 20.1 Å². The molecule has 0 aromatic carbocycles. The number of rotatable bonds is 6. The van der Waals surface area contributed by atoms with Crippen LogP contribution in [-0.4, -0.2) is 53.8 Å². The molecule has 1 saturated heterocycles. The lowest BCUT2D eigenvalue weighted by Gasteiger charge is -2.59. The fraction of sp³-hybridized carbons (Fsp3) is 0.850. The van der Waals surface area contributed by atoms with Gasteiger partial charge in [-0.2, -0.15) is 0 Å². The van der Waals surface area contributed by atoms with Crippen molar-refractivity contribution in [3.63, 3.8) is 0 Å². The molecule has 4 aliphatic carbocycles. The molecule has 5 fully saturated rings. The molecule has 26 heavy (non-hydrogen) atoms. The Hall–Kier alpha value is -1.59. The summed E-state index contributed by atoms with van der Waals surface area (Å²) in [5, 5.41) is 3.26. The second-order valence-corrected chi connectivity index (χ2v) is 9.36. The minimum Gasteiger partial charge on any atom is -0.353 e. The third-order valence-electron chi connectivity index (χ3n) is 7.40. The summed E-state index contributed by atoms with van der Waals surface area (Å²) in [5.74, 6) is 2.53. The minimum atomic E-state index is -0.252. The van der Waals surface area contributed by atoms with E-state index in [1.54, 1.807) is 7.05 Å². The molecule has 1 N–H and O–H groups in total. The van der Waals surface area contributed by atoms with Gasteiger partial charge in [-0.05, 0) is 75.0 Å². The van der Waals surface area contributed by atoms with Gasteiger partial charge in [0.1, 0.15) is 6.54 Å². The normalized spacial score (nSPS) is 36.8. The first-order valence-electron chi connectivity index (χ1n) is 10.2. The second kappa shape index (κ2) is 6.54. The highest BCUT2D eigenvalue weighted by Gasteiger charge is 2.53. The van der Waals surface area contributed by atoms with Gasteiger partial charge in [-0.25, -0.2) is 4.79 Å². The third kappa shape index (κ3) is 3.12. The molecule has 0 aromatic heterocycles. The molecular weight excluding hydrogens is 330 g/mol. The van der Waals surface area contributed by atoms with Crippen molar-refractivity contribution in [2.24, 2.45) is 23.2 Å². The molecule has 5 aliphatic rings. The highest BCUT2D eigenvalue weighted by molar-refractivity contribution is 6.01. The number of amides is 4. The van der Waals surface area contributed by atoms with Gasteiger partial charge in [-0.15, -0.1) is 0 Å². The Morgan fingerprint density at radius 3 is 2.23 bits per heavy atom. The number of imide groups is 1. The summed E-state index contributed by atoms with van der Waals surface area (Å²) >= 11 is 0. The quantitative estimate of drug-likeness (QED) is 0.739. The molecule has 0 aromatic rings. The fourth-order valence-corrected chi connectivity index (χ4v) is 6.46. The van der Waals surface area contributed by atoms with Crippen LogP contribution in [0.25, 0.3) is 0 Å². The largest absolute Gasteiger partial charge is 0.353 e. The van der Waals surface area contributed by atoms with Gasteiger partial charge in [0.05, 0.1) is 0 Å². The summed E-state index contributed by atoms with van der Waals surface area (Å²) in [5.41, 5.74) is 0.313. The molecule has 0 spiro atoms. The van der Waals surface area contributed by atoms with Gasteiger partial charge in [0.15, 0.2) is 0 Å². The van der Waals surface area contributed by atoms with E-state index in [2.05, 4.69) is 12.2 Å². The van der Waals surface area contributed by atoms with Crippen molar-refractivity contribution in [3.8, 4) is 0 Å². The molecule has 4 amide bonds. The number of hydrogen-bond acceptors (Lipinski definition) is 3. The minimum absolute atomic E-state index is 0.0562. The van der Waals surface area contributed by atoms with Crippen LogP contribution in [0, 0.1) is 23.2 Å². The van der Waals surface area contributed by atoms with Crippen molar-refractivity contribution >= 4 is 17.8 Å². The Morgan fingerprint density at radius 1 is 1.15 bits per heavy atom. The van der Waals surface area contributed by atoms with Crippen LogP contribution in [0.5, 0.6) is 0 Å². The molecule has 144 valence electrons. The van der Waals surface area contributed by atoms with Gasteiger partial charge < -0.3 is 10.2 Å². The smallest absolute Gasteiger partial charge is 0.326 e. The molecule has 0 radical (unpaired) electrons. The van der Waals surface area contributed by atoms with Crippen molar-refractivity contribution in [1.29, 1.82) is 0 Å². The fourth-order valence-electron chi connectivity index (χ4n) is 6.46. The van der Waals surface area contributed by atoms with Crippen LogP contribution >= 0.6 is 0 Å². The zero-order chi connectivity index (χ0) is 18.5. The molecule has 1 aliphatic heterocycles. The lowest BCUT2D eigenvalue weighted by atomic mass is 9.48. The number of hydrogen-bond donors (Lipinski definition) is 1. The Labute approximate surface area is 155 Å².